The molecule has 5 rings (SSSR count). The van der Waals surface area contributed by atoms with Gasteiger partial charge in [-0.05, 0) is 44.6 Å². The first-order chi connectivity index (χ1) is 19.1. The lowest BCUT2D eigenvalue weighted by Crippen LogP contribution is -2.70. The maximum absolute atomic E-state index is 14.1. The molecule has 1 saturated carbocycles. The number of phenolic OH excluding ortho intramolecular Hbond substituents is 1. The number of nitrogens with zero attached hydrogens (tertiary/aromatic N) is 2. The summed E-state index contributed by atoms with van der Waals surface area (Å²) in [6.07, 6.45) is -1.67. The first kappa shape index (κ1) is 28.3. The van der Waals surface area contributed by atoms with Crippen LogP contribution in [-0.4, -0.2) is 93.8 Å². The number of Topliss-reactive ketones (excluding diaryl/α,β-unsaturated/α-hetero) is 2. The van der Waals surface area contributed by atoms with Crippen molar-refractivity contribution >= 4 is 28.9 Å². The van der Waals surface area contributed by atoms with E-state index in [1.165, 1.54) is 19.0 Å². The van der Waals surface area contributed by atoms with Crippen molar-refractivity contribution in [3.05, 3.63) is 63.9 Å². The number of phenols is 1. The number of ketones is 2. The molecule has 11 heteroatoms. The van der Waals surface area contributed by atoms with Gasteiger partial charge in [0, 0.05) is 36.8 Å². The second-order valence-corrected chi connectivity index (χ2v) is 11.5. The lowest BCUT2D eigenvalue weighted by atomic mass is 9.56. The molecule has 0 bridgehead atoms. The molecule has 3 aliphatic rings. The Morgan fingerprint density at radius 2 is 1.66 bits per heavy atom. The highest BCUT2D eigenvalue weighted by atomic mass is 16.4. The highest BCUT2D eigenvalue weighted by molar-refractivity contribution is 6.24. The molecular weight excluding hydrogens is 530 g/mol. The second-order valence-electron chi connectivity index (χ2n) is 11.5. The van der Waals surface area contributed by atoms with E-state index in [2.05, 4.69) is 0 Å². The van der Waals surface area contributed by atoms with Gasteiger partial charge in [0.1, 0.15) is 22.8 Å². The minimum atomic E-state index is -2.95. The number of hydrogen-bond donors (Lipinski definition) is 6. The van der Waals surface area contributed by atoms with E-state index in [0.29, 0.717) is 22.4 Å². The molecule has 216 valence electrons. The summed E-state index contributed by atoms with van der Waals surface area (Å²) in [5.41, 5.74) is 4.10. The van der Waals surface area contributed by atoms with E-state index in [-0.39, 0.29) is 17.7 Å². The number of amides is 1. The van der Waals surface area contributed by atoms with Gasteiger partial charge in [-0.1, -0.05) is 29.8 Å². The zero-order valence-electron chi connectivity index (χ0n) is 23.3. The molecule has 1 fully saturated rings. The number of aromatic hydroxyl groups is 1. The van der Waals surface area contributed by atoms with Gasteiger partial charge < -0.3 is 36.2 Å². The van der Waals surface area contributed by atoms with Gasteiger partial charge in [0.05, 0.1) is 23.6 Å². The molecule has 7 N–H and O–H groups in total. The molecule has 0 aromatic heterocycles. The van der Waals surface area contributed by atoms with Crippen LogP contribution in [0.25, 0.3) is 16.9 Å². The lowest BCUT2D eigenvalue weighted by Gasteiger charge is -2.52. The SMILES string of the molecule is Cc1ccc(-c2cc(N(C)C)c3c(c2O)C(O)=C2C(=O)[C@]4(O)C(O)=C(C(N)=O)C(=O)[C@@H](N(C)C)C4C(O)C2C3)cc1. The third-order valence-corrected chi connectivity index (χ3v) is 8.62. The van der Waals surface area contributed by atoms with Crippen molar-refractivity contribution in [1.82, 2.24) is 4.90 Å². The van der Waals surface area contributed by atoms with Gasteiger partial charge in [-0.15, -0.1) is 0 Å². The largest absolute Gasteiger partial charge is 0.508 e. The zero-order chi connectivity index (χ0) is 30.3. The average Bonchev–Trinajstić information content (AvgIpc) is 2.89. The summed E-state index contributed by atoms with van der Waals surface area (Å²) in [4.78, 5) is 42.7. The summed E-state index contributed by atoms with van der Waals surface area (Å²) < 4.78 is 0. The van der Waals surface area contributed by atoms with E-state index in [1.807, 2.05) is 31.2 Å². The summed E-state index contributed by atoms with van der Waals surface area (Å²) in [6.45, 7) is 1.92. The number of benzene rings is 2. The third kappa shape index (κ3) is 3.80. The molecule has 0 heterocycles. The molecule has 41 heavy (non-hydrogen) atoms. The molecule has 1 amide bonds. The molecule has 0 aliphatic heterocycles. The van der Waals surface area contributed by atoms with Gasteiger partial charge in [-0.3, -0.25) is 19.3 Å². The van der Waals surface area contributed by atoms with Crippen LogP contribution < -0.4 is 10.6 Å². The van der Waals surface area contributed by atoms with Crippen LogP contribution in [-0.2, 0) is 20.8 Å². The normalized spacial score (nSPS) is 27.5. The number of aliphatic hydroxyl groups excluding tert-OH is 3. The predicted molar refractivity (Wildman–Crippen MR) is 150 cm³/mol. The molecule has 3 aliphatic carbocycles. The van der Waals surface area contributed by atoms with Crippen LogP contribution in [0.1, 0.15) is 16.7 Å². The first-order valence-electron chi connectivity index (χ1n) is 13.1. The Labute approximate surface area is 236 Å². The maximum atomic E-state index is 14.1. The van der Waals surface area contributed by atoms with E-state index in [1.54, 1.807) is 25.1 Å². The van der Waals surface area contributed by atoms with Gasteiger partial charge in [0.25, 0.3) is 5.91 Å². The zero-order valence-corrected chi connectivity index (χ0v) is 23.3. The van der Waals surface area contributed by atoms with E-state index >= 15 is 0 Å². The fourth-order valence-corrected chi connectivity index (χ4v) is 6.66. The molecular formula is C30H33N3O8. The Morgan fingerprint density at radius 3 is 2.20 bits per heavy atom. The quantitative estimate of drug-likeness (QED) is 0.293. The molecule has 2 aromatic rings. The van der Waals surface area contributed by atoms with Gasteiger partial charge in [0.15, 0.2) is 11.4 Å². The van der Waals surface area contributed by atoms with E-state index in [0.717, 1.165) is 5.56 Å². The molecule has 5 atom stereocenters. The van der Waals surface area contributed by atoms with Crippen molar-refractivity contribution in [3.8, 4) is 16.9 Å². The van der Waals surface area contributed by atoms with Gasteiger partial charge in [-0.2, -0.15) is 0 Å². The minimum absolute atomic E-state index is 0.0367. The van der Waals surface area contributed by atoms with Crippen molar-refractivity contribution in [1.29, 1.82) is 0 Å². The molecule has 2 aromatic carbocycles. The number of carbonyl (C=O) groups excluding carboxylic acids is 3. The van der Waals surface area contributed by atoms with Gasteiger partial charge >= 0.3 is 0 Å². The van der Waals surface area contributed by atoms with Crippen molar-refractivity contribution in [2.24, 2.45) is 17.6 Å². The highest BCUT2D eigenvalue weighted by Crippen LogP contribution is 2.55. The number of rotatable bonds is 4. The number of primary amides is 1. The Balaban J connectivity index is 1.81. The summed E-state index contributed by atoms with van der Waals surface area (Å²) in [5, 5.41) is 57.6. The summed E-state index contributed by atoms with van der Waals surface area (Å²) >= 11 is 0. The van der Waals surface area contributed by atoms with Gasteiger partial charge in [0.2, 0.25) is 5.78 Å². The Hall–Kier alpha value is -4.19. The fraction of sp³-hybridized carbons (Fsp3) is 0.367. The standard InChI is InChI=1S/C30H33N3O8/c1-12-6-8-13(9-7-12)14-11-17(32(2)3)15-10-16-19(25(36)18(15)23(14)34)27(38)30(41)21(24(16)35)22(33(4)5)26(37)20(28(30)39)29(31)40/h6-9,11,16,21-22,24,34-36,39,41H,10H2,1-5H3,(H2,31,40)/t16?,21?,22-,24?,30-/m0/s1. The molecule has 0 spiro atoms. The first-order valence-corrected chi connectivity index (χ1v) is 13.1. The van der Waals surface area contributed by atoms with Crippen LogP contribution in [0.4, 0.5) is 5.69 Å². The minimum Gasteiger partial charge on any atom is -0.508 e. The average molecular weight is 564 g/mol. The van der Waals surface area contributed by atoms with Crippen LogP contribution in [0.5, 0.6) is 5.75 Å². The summed E-state index contributed by atoms with van der Waals surface area (Å²) in [7, 11) is 6.49. The van der Waals surface area contributed by atoms with Crippen LogP contribution in [0.15, 0.2) is 47.2 Å². The number of fused-ring (bicyclic) bond motifs is 3. The maximum Gasteiger partial charge on any atom is 0.255 e. The van der Waals surface area contributed by atoms with E-state index in [4.69, 9.17) is 5.73 Å². The van der Waals surface area contributed by atoms with E-state index in [9.17, 15) is 39.9 Å². The Morgan fingerprint density at radius 1 is 1.05 bits per heavy atom. The van der Waals surface area contributed by atoms with Crippen molar-refractivity contribution in [2.75, 3.05) is 33.1 Å². The van der Waals surface area contributed by atoms with Crippen molar-refractivity contribution < 1.29 is 39.9 Å². The highest BCUT2D eigenvalue weighted by Gasteiger charge is 2.67. The lowest BCUT2D eigenvalue weighted by molar-refractivity contribution is -0.168. The Kier molecular flexibility index (Phi) is 6.52. The fourth-order valence-electron chi connectivity index (χ4n) is 6.66. The smallest absolute Gasteiger partial charge is 0.255 e. The molecule has 3 unspecified atom stereocenters. The van der Waals surface area contributed by atoms with Crippen LogP contribution >= 0.6 is 0 Å². The molecule has 0 saturated heterocycles. The number of hydrogen-bond acceptors (Lipinski definition) is 10. The Bertz CT molecular complexity index is 1570. The number of aliphatic hydroxyl groups is 4. The monoisotopic (exact) mass is 563 g/mol. The summed E-state index contributed by atoms with van der Waals surface area (Å²) in [5.74, 6) is -8.43. The second kappa shape index (κ2) is 9.44. The predicted octanol–water partition coefficient (Wildman–Crippen LogP) is 0.976. The topological polar surface area (TPSA) is 185 Å². The molecule has 11 nitrogen and oxygen atoms in total. The number of anilines is 1. The van der Waals surface area contributed by atoms with E-state index < -0.39 is 69.7 Å². The third-order valence-electron chi connectivity index (χ3n) is 8.62. The van der Waals surface area contributed by atoms with Gasteiger partial charge in [-0.25, -0.2) is 0 Å². The van der Waals surface area contributed by atoms with Crippen LogP contribution in [0, 0.1) is 18.8 Å². The van der Waals surface area contributed by atoms with Crippen molar-refractivity contribution in [3.63, 3.8) is 0 Å². The van der Waals surface area contributed by atoms with Crippen molar-refractivity contribution in [2.45, 2.75) is 31.1 Å². The summed E-state index contributed by atoms with van der Waals surface area (Å²) in [6, 6.07) is 7.71. The number of aryl methyl sites for hydroxylation is 1. The number of nitrogens with two attached hydrogens (primary N) is 1. The number of carbonyl (C=O) groups is 3. The van der Waals surface area contributed by atoms with Crippen LogP contribution in [0.3, 0.4) is 0 Å². The van der Waals surface area contributed by atoms with Crippen LogP contribution in [0.2, 0.25) is 0 Å². The number of likely N-dealkylation sites (N-methyl/N-ethyl adjacent to an activating group) is 1. The molecule has 0 radical (unpaired) electrons.